The summed E-state index contributed by atoms with van der Waals surface area (Å²) in [5.74, 6) is 1.10. The highest BCUT2D eigenvalue weighted by atomic mass is 32.2. The lowest BCUT2D eigenvalue weighted by atomic mass is 10.2. The lowest BCUT2D eigenvalue weighted by Gasteiger charge is -2.20. The summed E-state index contributed by atoms with van der Waals surface area (Å²) in [7, 11) is 0. The molecule has 2 aliphatic heterocycles. The molecule has 0 spiro atoms. The second kappa shape index (κ2) is 5.17. The van der Waals surface area contributed by atoms with Gasteiger partial charge in [0.05, 0.1) is 4.88 Å². The molecule has 1 aromatic heterocycles. The molecule has 1 saturated heterocycles. The van der Waals surface area contributed by atoms with Crippen LogP contribution in [0.2, 0.25) is 0 Å². The second-order valence-electron chi connectivity index (χ2n) is 4.86. The SMILES string of the molecule is O=C(O)[C@@H]1CCCN1C(=O)c1cc2c(s1)CCSC2. The number of carboxylic acids is 1. The first-order chi connectivity index (χ1) is 9.16. The molecule has 0 radical (unpaired) electrons. The average molecular weight is 297 g/mol. The van der Waals surface area contributed by atoms with E-state index in [1.807, 2.05) is 17.8 Å². The average Bonchev–Trinajstić information content (AvgIpc) is 3.04. The van der Waals surface area contributed by atoms with Crippen LogP contribution in [0.3, 0.4) is 0 Å². The van der Waals surface area contributed by atoms with Gasteiger partial charge >= 0.3 is 5.97 Å². The number of aryl methyl sites for hydroxylation is 1. The van der Waals surface area contributed by atoms with Gasteiger partial charge in [0.15, 0.2) is 0 Å². The molecule has 19 heavy (non-hydrogen) atoms. The van der Waals surface area contributed by atoms with Crippen molar-refractivity contribution < 1.29 is 14.7 Å². The van der Waals surface area contributed by atoms with E-state index >= 15 is 0 Å². The molecular weight excluding hydrogens is 282 g/mol. The van der Waals surface area contributed by atoms with Crippen LogP contribution >= 0.6 is 23.1 Å². The Bertz CT molecular complexity index is 502. The zero-order valence-corrected chi connectivity index (χ0v) is 12.1. The summed E-state index contributed by atoms with van der Waals surface area (Å²) < 4.78 is 0. The molecule has 1 fully saturated rings. The molecule has 2 aliphatic rings. The van der Waals surface area contributed by atoms with Gasteiger partial charge < -0.3 is 10.0 Å². The van der Waals surface area contributed by atoms with Crippen LogP contribution in [0.15, 0.2) is 6.07 Å². The first-order valence-electron chi connectivity index (χ1n) is 6.40. The Morgan fingerprint density at radius 2 is 2.26 bits per heavy atom. The fourth-order valence-electron chi connectivity index (χ4n) is 2.66. The molecule has 1 atom stereocenters. The van der Waals surface area contributed by atoms with E-state index < -0.39 is 12.0 Å². The first kappa shape index (κ1) is 13.0. The minimum absolute atomic E-state index is 0.102. The number of carboxylic acid groups (broad SMARTS) is 1. The van der Waals surface area contributed by atoms with E-state index in [0.29, 0.717) is 17.8 Å². The van der Waals surface area contributed by atoms with E-state index in [0.717, 1.165) is 24.3 Å². The molecule has 102 valence electrons. The Hall–Kier alpha value is -1.01. The van der Waals surface area contributed by atoms with E-state index in [2.05, 4.69) is 0 Å². The van der Waals surface area contributed by atoms with Gasteiger partial charge in [0, 0.05) is 17.2 Å². The molecule has 4 nitrogen and oxygen atoms in total. The van der Waals surface area contributed by atoms with Crippen LogP contribution in [-0.4, -0.2) is 40.2 Å². The van der Waals surface area contributed by atoms with Crippen LogP contribution in [0.1, 0.15) is 33.0 Å². The number of hydrogen-bond donors (Lipinski definition) is 1. The van der Waals surface area contributed by atoms with Crippen molar-refractivity contribution in [3.63, 3.8) is 0 Å². The summed E-state index contributed by atoms with van der Waals surface area (Å²) in [6.45, 7) is 0.563. The number of thioether (sulfide) groups is 1. The number of rotatable bonds is 2. The van der Waals surface area contributed by atoms with Crippen molar-refractivity contribution in [1.29, 1.82) is 0 Å². The van der Waals surface area contributed by atoms with Crippen molar-refractivity contribution in [2.75, 3.05) is 12.3 Å². The van der Waals surface area contributed by atoms with Crippen molar-refractivity contribution >= 4 is 35.0 Å². The number of carbonyl (C=O) groups excluding carboxylic acids is 1. The number of carbonyl (C=O) groups is 2. The first-order valence-corrected chi connectivity index (χ1v) is 8.37. The molecule has 1 N–H and O–H groups in total. The molecule has 0 bridgehead atoms. The van der Waals surface area contributed by atoms with Crippen molar-refractivity contribution in [1.82, 2.24) is 4.90 Å². The Kier molecular flexibility index (Phi) is 3.54. The maximum Gasteiger partial charge on any atom is 0.326 e. The van der Waals surface area contributed by atoms with Gasteiger partial charge in [-0.1, -0.05) is 0 Å². The van der Waals surface area contributed by atoms with Crippen LogP contribution in [0.4, 0.5) is 0 Å². The molecule has 6 heteroatoms. The van der Waals surface area contributed by atoms with E-state index in [4.69, 9.17) is 5.11 Å². The van der Waals surface area contributed by atoms with Crippen LogP contribution in [0.5, 0.6) is 0 Å². The van der Waals surface area contributed by atoms with Gasteiger partial charge in [-0.25, -0.2) is 4.79 Å². The standard InChI is InChI=1S/C13H15NO3S2/c15-12(14-4-1-2-9(14)13(16)17)11-6-8-7-18-5-3-10(8)19-11/h6,9H,1-5,7H2,(H,16,17)/t9-/m0/s1. The highest BCUT2D eigenvalue weighted by Gasteiger charge is 2.35. The summed E-state index contributed by atoms with van der Waals surface area (Å²) in [6.07, 6.45) is 2.38. The Morgan fingerprint density at radius 1 is 1.42 bits per heavy atom. The summed E-state index contributed by atoms with van der Waals surface area (Å²) in [4.78, 5) is 27.1. The van der Waals surface area contributed by atoms with Crippen LogP contribution in [0.25, 0.3) is 0 Å². The predicted octanol–water partition coefficient (Wildman–Crippen LogP) is 2.23. The highest BCUT2D eigenvalue weighted by molar-refractivity contribution is 7.98. The number of likely N-dealkylation sites (tertiary alicyclic amines) is 1. The minimum atomic E-state index is -0.886. The summed E-state index contributed by atoms with van der Waals surface area (Å²) in [6, 6.07) is 1.33. The lowest BCUT2D eigenvalue weighted by molar-refractivity contribution is -0.141. The van der Waals surface area contributed by atoms with Crippen molar-refractivity contribution in [2.45, 2.75) is 31.1 Å². The van der Waals surface area contributed by atoms with Crippen molar-refractivity contribution in [3.05, 3.63) is 21.4 Å². The third kappa shape index (κ3) is 2.39. The maximum atomic E-state index is 12.4. The summed E-state index contributed by atoms with van der Waals surface area (Å²) >= 11 is 3.43. The van der Waals surface area contributed by atoms with Gasteiger partial charge in [-0.2, -0.15) is 11.8 Å². The zero-order valence-electron chi connectivity index (χ0n) is 10.4. The number of amides is 1. The maximum absolute atomic E-state index is 12.4. The minimum Gasteiger partial charge on any atom is -0.480 e. The third-order valence-electron chi connectivity index (χ3n) is 3.64. The van der Waals surface area contributed by atoms with E-state index in [9.17, 15) is 9.59 Å². The Labute approximate surface area is 119 Å². The molecule has 0 aliphatic carbocycles. The molecule has 0 unspecified atom stereocenters. The third-order valence-corrected chi connectivity index (χ3v) is 5.87. The molecule has 3 heterocycles. The lowest BCUT2D eigenvalue weighted by Crippen LogP contribution is -2.40. The van der Waals surface area contributed by atoms with E-state index in [-0.39, 0.29) is 5.91 Å². The number of hydrogen-bond acceptors (Lipinski definition) is 4. The van der Waals surface area contributed by atoms with Gasteiger partial charge in [-0.05, 0) is 36.6 Å². The molecular formula is C13H15NO3S2. The van der Waals surface area contributed by atoms with Gasteiger partial charge in [0.2, 0.25) is 0 Å². The largest absolute Gasteiger partial charge is 0.480 e. The van der Waals surface area contributed by atoms with Crippen molar-refractivity contribution in [3.8, 4) is 0 Å². The van der Waals surface area contributed by atoms with Gasteiger partial charge in [-0.3, -0.25) is 4.79 Å². The Morgan fingerprint density at radius 3 is 3.00 bits per heavy atom. The second-order valence-corrected chi connectivity index (χ2v) is 7.10. The van der Waals surface area contributed by atoms with Crippen LogP contribution in [0, 0.1) is 0 Å². The smallest absolute Gasteiger partial charge is 0.326 e. The number of aliphatic carboxylic acids is 1. The monoisotopic (exact) mass is 297 g/mol. The van der Waals surface area contributed by atoms with Crippen LogP contribution in [-0.2, 0) is 17.0 Å². The van der Waals surface area contributed by atoms with Gasteiger partial charge in [-0.15, -0.1) is 11.3 Å². The topological polar surface area (TPSA) is 57.6 Å². The van der Waals surface area contributed by atoms with Crippen LogP contribution < -0.4 is 0 Å². The summed E-state index contributed by atoms with van der Waals surface area (Å²) in [5.41, 5.74) is 1.26. The fraction of sp³-hybridized carbons (Fsp3) is 0.538. The predicted molar refractivity (Wildman–Crippen MR) is 75.9 cm³/mol. The Balaban J connectivity index is 1.83. The van der Waals surface area contributed by atoms with E-state index in [1.165, 1.54) is 15.3 Å². The fourth-order valence-corrected chi connectivity index (χ4v) is 4.99. The zero-order chi connectivity index (χ0) is 13.4. The number of nitrogens with zero attached hydrogens (tertiary/aromatic N) is 1. The van der Waals surface area contributed by atoms with E-state index in [1.54, 1.807) is 11.3 Å². The molecule has 3 rings (SSSR count). The summed E-state index contributed by atoms with van der Waals surface area (Å²) in [5, 5.41) is 9.15. The molecule has 1 aromatic rings. The molecule has 1 amide bonds. The number of thiophene rings is 1. The van der Waals surface area contributed by atoms with Crippen molar-refractivity contribution in [2.24, 2.45) is 0 Å². The normalized spacial score (nSPS) is 22.3. The molecule has 0 saturated carbocycles. The van der Waals surface area contributed by atoms with Gasteiger partial charge in [0.1, 0.15) is 6.04 Å². The van der Waals surface area contributed by atoms with Gasteiger partial charge in [0.25, 0.3) is 5.91 Å². The quantitative estimate of drug-likeness (QED) is 0.909. The highest BCUT2D eigenvalue weighted by Crippen LogP contribution is 2.33. The molecule has 0 aromatic carbocycles. The number of fused-ring (bicyclic) bond motifs is 1.